The van der Waals surface area contributed by atoms with Crippen LogP contribution in [-0.2, 0) is 23.2 Å². The summed E-state index contributed by atoms with van der Waals surface area (Å²) in [6, 6.07) is 8.56. The number of hydrogen-bond donors (Lipinski definition) is 2. The zero-order valence-electron chi connectivity index (χ0n) is 14.8. The monoisotopic (exact) mass is 313 g/mol. The Morgan fingerprint density at radius 1 is 1.17 bits per heavy atom. The summed E-state index contributed by atoms with van der Waals surface area (Å²) >= 11 is 0. The lowest BCUT2D eigenvalue weighted by molar-refractivity contribution is -0.121. The van der Waals surface area contributed by atoms with Crippen LogP contribution in [0.25, 0.3) is 0 Å². The average molecular weight is 313 g/mol. The Bertz CT molecular complexity index is 643. The molecule has 2 aromatic rings. The zero-order chi connectivity index (χ0) is 17.0. The topological polar surface area (TPSA) is 57.8 Å². The number of hydrogen-bond acceptors (Lipinski definition) is 2. The van der Waals surface area contributed by atoms with Gasteiger partial charge in [-0.3, -0.25) is 9.89 Å². The van der Waals surface area contributed by atoms with E-state index in [2.05, 4.69) is 60.6 Å². The van der Waals surface area contributed by atoms with E-state index in [1.807, 2.05) is 13.8 Å². The van der Waals surface area contributed by atoms with Crippen LogP contribution in [0, 0.1) is 13.8 Å². The lowest BCUT2D eigenvalue weighted by Crippen LogP contribution is -2.23. The fourth-order valence-electron chi connectivity index (χ4n) is 2.54. The van der Waals surface area contributed by atoms with E-state index in [0.717, 1.165) is 23.4 Å². The second kappa shape index (κ2) is 6.99. The third kappa shape index (κ3) is 4.68. The van der Waals surface area contributed by atoms with E-state index in [4.69, 9.17) is 0 Å². The molecule has 4 nitrogen and oxygen atoms in total. The van der Waals surface area contributed by atoms with Crippen molar-refractivity contribution in [1.82, 2.24) is 15.5 Å². The molecule has 1 amide bonds. The third-order valence-corrected chi connectivity index (χ3v) is 4.20. The highest BCUT2D eigenvalue weighted by Gasteiger charge is 2.13. The largest absolute Gasteiger partial charge is 0.352 e. The van der Waals surface area contributed by atoms with Crippen molar-refractivity contribution in [3.05, 3.63) is 52.3 Å². The second-order valence-corrected chi connectivity index (χ2v) is 7.14. The van der Waals surface area contributed by atoms with Gasteiger partial charge in [0.25, 0.3) is 0 Å². The number of aromatic amines is 1. The van der Waals surface area contributed by atoms with Crippen molar-refractivity contribution in [1.29, 1.82) is 0 Å². The third-order valence-electron chi connectivity index (χ3n) is 4.20. The first kappa shape index (κ1) is 17.3. The Morgan fingerprint density at radius 3 is 2.35 bits per heavy atom. The summed E-state index contributed by atoms with van der Waals surface area (Å²) in [5, 5.41) is 10.0. The van der Waals surface area contributed by atoms with Gasteiger partial charge in [-0.1, -0.05) is 45.0 Å². The van der Waals surface area contributed by atoms with Crippen molar-refractivity contribution in [2.24, 2.45) is 0 Å². The molecule has 0 unspecified atom stereocenters. The van der Waals surface area contributed by atoms with Crippen molar-refractivity contribution >= 4 is 5.91 Å². The fourth-order valence-corrected chi connectivity index (χ4v) is 2.54. The molecule has 0 fully saturated rings. The lowest BCUT2D eigenvalue weighted by Gasteiger charge is -2.19. The van der Waals surface area contributed by atoms with Crippen LogP contribution >= 0.6 is 0 Å². The van der Waals surface area contributed by atoms with E-state index in [0.29, 0.717) is 13.0 Å². The Labute approximate surface area is 138 Å². The maximum absolute atomic E-state index is 12.0. The van der Waals surface area contributed by atoms with Crippen molar-refractivity contribution in [3.63, 3.8) is 0 Å². The minimum atomic E-state index is 0.0740. The summed E-state index contributed by atoms with van der Waals surface area (Å²) in [5.74, 6) is 0.0740. The van der Waals surface area contributed by atoms with Crippen molar-refractivity contribution in [2.45, 2.75) is 59.4 Å². The SMILES string of the molecule is Cc1n[nH]c(C)c1CNC(=O)CCc1ccc(C(C)(C)C)cc1. The first-order valence-electron chi connectivity index (χ1n) is 8.14. The van der Waals surface area contributed by atoms with Gasteiger partial charge in [-0.2, -0.15) is 5.10 Å². The van der Waals surface area contributed by atoms with E-state index >= 15 is 0 Å². The zero-order valence-corrected chi connectivity index (χ0v) is 14.8. The smallest absolute Gasteiger partial charge is 0.220 e. The summed E-state index contributed by atoms with van der Waals surface area (Å²) < 4.78 is 0. The maximum atomic E-state index is 12.0. The average Bonchev–Trinajstić information content (AvgIpc) is 2.81. The molecule has 0 aliphatic rings. The van der Waals surface area contributed by atoms with Gasteiger partial charge in [0.2, 0.25) is 5.91 Å². The van der Waals surface area contributed by atoms with Crippen LogP contribution in [0.2, 0.25) is 0 Å². The molecule has 2 N–H and O–H groups in total. The Hall–Kier alpha value is -2.10. The normalized spacial score (nSPS) is 11.5. The standard InChI is InChI=1S/C19H27N3O/c1-13-17(14(2)22-21-13)12-20-18(23)11-8-15-6-9-16(10-7-15)19(3,4)5/h6-7,9-10H,8,11-12H2,1-5H3,(H,20,23)(H,21,22). The molecule has 0 spiro atoms. The van der Waals surface area contributed by atoms with Crippen molar-refractivity contribution < 1.29 is 4.79 Å². The van der Waals surface area contributed by atoms with Gasteiger partial charge in [-0.15, -0.1) is 0 Å². The number of H-pyrrole nitrogens is 1. The minimum absolute atomic E-state index is 0.0740. The number of nitrogens with one attached hydrogen (secondary N) is 2. The predicted octanol–water partition coefficient (Wildman–Crippen LogP) is 3.57. The van der Waals surface area contributed by atoms with Gasteiger partial charge >= 0.3 is 0 Å². The summed E-state index contributed by atoms with van der Waals surface area (Å²) in [4.78, 5) is 12.0. The molecule has 1 aromatic heterocycles. The highest BCUT2D eigenvalue weighted by molar-refractivity contribution is 5.76. The highest BCUT2D eigenvalue weighted by atomic mass is 16.1. The molecule has 124 valence electrons. The van der Waals surface area contributed by atoms with Gasteiger partial charge in [0.05, 0.1) is 5.69 Å². The van der Waals surface area contributed by atoms with Crippen LogP contribution in [0.1, 0.15) is 55.3 Å². The van der Waals surface area contributed by atoms with Gasteiger partial charge in [0.1, 0.15) is 0 Å². The number of rotatable bonds is 5. The molecule has 0 aliphatic carbocycles. The Balaban J connectivity index is 1.83. The van der Waals surface area contributed by atoms with Gasteiger partial charge in [0, 0.05) is 24.2 Å². The lowest BCUT2D eigenvalue weighted by atomic mass is 9.86. The Morgan fingerprint density at radius 2 is 1.83 bits per heavy atom. The quantitative estimate of drug-likeness (QED) is 0.886. The van der Waals surface area contributed by atoms with E-state index in [9.17, 15) is 4.79 Å². The number of carbonyl (C=O) groups is 1. The molecule has 0 aliphatic heterocycles. The number of aromatic nitrogens is 2. The summed E-state index contributed by atoms with van der Waals surface area (Å²) in [6.45, 7) is 11.1. The molecule has 0 bridgehead atoms. The van der Waals surface area contributed by atoms with Crippen LogP contribution in [-0.4, -0.2) is 16.1 Å². The number of amides is 1. The Kier molecular flexibility index (Phi) is 5.24. The second-order valence-electron chi connectivity index (χ2n) is 7.14. The minimum Gasteiger partial charge on any atom is -0.352 e. The van der Waals surface area contributed by atoms with Crippen molar-refractivity contribution in [3.8, 4) is 0 Å². The van der Waals surface area contributed by atoms with Gasteiger partial charge in [-0.05, 0) is 36.8 Å². The number of benzene rings is 1. The first-order valence-corrected chi connectivity index (χ1v) is 8.14. The number of aryl methyl sites for hydroxylation is 3. The van der Waals surface area contributed by atoms with Gasteiger partial charge in [0.15, 0.2) is 0 Å². The number of carbonyl (C=O) groups excluding carboxylic acids is 1. The molecule has 0 atom stereocenters. The fraction of sp³-hybridized carbons (Fsp3) is 0.474. The van der Waals surface area contributed by atoms with Gasteiger partial charge in [-0.25, -0.2) is 0 Å². The molecule has 0 radical (unpaired) electrons. The van der Waals surface area contributed by atoms with E-state index in [1.54, 1.807) is 0 Å². The summed E-state index contributed by atoms with van der Waals surface area (Å²) in [6.07, 6.45) is 1.27. The first-order chi connectivity index (χ1) is 10.8. The molecule has 2 rings (SSSR count). The molecule has 1 aromatic carbocycles. The van der Waals surface area contributed by atoms with Crippen LogP contribution in [0.3, 0.4) is 0 Å². The van der Waals surface area contributed by atoms with E-state index in [-0.39, 0.29) is 11.3 Å². The molecule has 4 heteroatoms. The summed E-state index contributed by atoms with van der Waals surface area (Å²) in [5.41, 5.74) is 5.71. The van der Waals surface area contributed by atoms with Crippen LogP contribution in [0.4, 0.5) is 0 Å². The highest BCUT2D eigenvalue weighted by Crippen LogP contribution is 2.22. The number of nitrogens with zero attached hydrogens (tertiary/aromatic N) is 1. The molecule has 0 saturated heterocycles. The predicted molar refractivity (Wildman–Crippen MR) is 93.4 cm³/mol. The summed E-state index contributed by atoms with van der Waals surface area (Å²) in [7, 11) is 0. The van der Waals surface area contributed by atoms with Crippen molar-refractivity contribution in [2.75, 3.05) is 0 Å². The van der Waals surface area contributed by atoms with E-state index in [1.165, 1.54) is 11.1 Å². The molecule has 1 heterocycles. The van der Waals surface area contributed by atoms with Crippen LogP contribution in [0.5, 0.6) is 0 Å². The molecule has 23 heavy (non-hydrogen) atoms. The maximum Gasteiger partial charge on any atom is 0.220 e. The van der Waals surface area contributed by atoms with Crippen LogP contribution < -0.4 is 5.32 Å². The molecule has 0 saturated carbocycles. The molecular weight excluding hydrogens is 286 g/mol. The van der Waals surface area contributed by atoms with Crippen LogP contribution in [0.15, 0.2) is 24.3 Å². The van der Waals surface area contributed by atoms with Gasteiger partial charge < -0.3 is 5.32 Å². The van der Waals surface area contributed by atoms with E-state index < -0.39 is 0 Å². The molecular formula is C19H27N3O.